The van der Waals surface area contributed by atoms with Crippen LogP contribution in [-0.2, 0) is 14.8 Å². The molecule has 0 unspecified atom stereocenters. The van der Waals surface area contributed by atoms with E-state index in [1.807, 2.05) is 6.07 Å². The van der Waals surface area contributed by atoms with Gasteiger partial charge in [0.1, 0.15) is 0 Å². The van der Waals surface area contributed by atoms with Crippen molar-refractivity contribution >= 4 is 15.9 Å². The molecule has 2 rings (SSSR count). The van der Waals surface area contributed by atoms with Crippen LogP contribution in [0.25, 0.3) is 0 Å². The van der Waals surface area contributed by atoms with E-state index in [1.165, 1.54) is 24.3 Å². The quantitative estimate of drug-likeness (QED) is 0.692. The molecule has 1 aromatic rings. The SMILES string of the molecule is N#Cc1ccc(S(=O)(=O)NCCCN2CCC[C@H](C(N)=O)C2)cc1. The van der Waals surface area contributed by atoms with Crippen molar-refractivity contribution in [1.29, 1.82) is 5.26 Å². The lowest BCUT2D eigenvalue weighted by Gasteiger charge is -2.31. The normalized spacial score (nSPS) is 18.9. The summed E-state index contributed by atoms with van der Waals surface area (Å²) >= 11 is 0. The first kappa shape index (κ1) is 18.4. The monoisotopic (exact) mass is 350 g/mol. The molecule has 1 atom stereocenters. The third kappa shape index (κ3) is 5.03. The molecular weight excluding hydrogens is 328 g/mol. The highest BCUT2D eigenvalue weighted by molar-refractivity contribution is 7.89. The number of nitriles is 1. The smallest absolute Gasteiger partial charge is 0.240 e. The van der Waals surface area contributed by atoms with E-state index >= 15 is 0 Å². The molecule has 0 aromatic heterocycles. The van der Waals surface area contributed by atoms with Crippen molar-refractivity contribution in [2.24, 2.45) is 11.7 Å². The first-order valence-electron chi connectivity index (χ1n) is 7.94. The summed E-state index contributed by atoms with van der Waals surface area (Å²) in [5.74, 6) is -0.365. The molecule has 1 aromatic carbocycles. The highest BCUT2D eigenvalue weighted by Crippen LogP contribution is 2.16. The molecule has 1 aliphatic rings. The number of benzene rings is 1. The second kappa shape index (κ2) is 8.24. The Hall–Kier alpha value is -1.95. The average Bonchev–Trinajstić information content (AvgIpc) is 2.59. The van der Waals surface area contributed by atoms with E-state index < -0.39 is 10.0 Å². The number of sulfonamides is 1. The van der Waals surface area contributed by atoms with Gasteiger partial charge in [-0.2, -0.15) is 5.26 Å². The van der Waals surface area contributed by atoms with Gasteiger partial charge in [-0.25, -0.2) is 13.1 Å². The standard InChI is InChI=1S/C16H22N4O3S/c17-11-13-4-6-15(7-5-13)24(22,23)19-8-2-10-20-9-1-3-14(12-20)16(18)21/h4-7,14,19H,1-3,8-10,12H2,(H2,18,21)/t14-/m0/s1. The minimum absolute atomic E-state index is 0.103. The zero-order valence-corrected chi connectivity index (χ0v) is 14.3. The van der Waals surface area contributed by atoms with Crippen LogP contribution in [0.5, 0.6) is 0 Å². The molecule has 1 aliphatic heterocycles. The fraction of sp³-hybridized carbons (Fsp3) is 0.500. The summed E-state index contributed by atoms with van der Waals surface area (Å²) in [7, 11) is -3.56. The van der Waals surface area contributed by atoms with Crippen molar-refractivity contribution in [1.82, 2.24) is 9.62 Å². The zero-order chi connectivity index (χ0) is 17.6. The van der Waals surface area contributed by atoms with Crippen molar-refractivity contribution in [2.45, 2.75) is 24.2 Å². The number of nitrogens with one attached hydrogen (secondary N) is 1. The Labute approximate surface area is 142 Å². The number of nitrogens with two attached hydrogens (primary N) is 1. The highest BCUT2D eigenvalue weighted by atomic mass is 32.2. The lowest BCUT2D eigenvalue weighted by Crippen LogP contribution is -2.42. The minimum Gasteiger partial charge on any atom is -0.369 e. The molecule has 130 valence electrons. The number of hydrogen-bond acceptors (Lipinski definition) is 5. The van der Waals surface area contributed by atoms with Gasteiger partial charge in [-0.1, -0.05) is 0 Å². The molecule has 0 aliphatic carbocycles. The Bertz CT molecular complexity index is 710. The van der Waals surface area contributed by atoms with E-state index in [9.17, 15) is 13.2 Å². The Morgan fingerprint density at radius 1 is 1.38 bits per heavy atom. The molecule has 1 fully saturated rings. The topological polar surface area (TPSA) is 116 Å². The molecule has 24 heavy (non-hydrogen) atoms. The number of piperidine rings is 1. The third-order valence-corrected chi connectivity index (χ3v) is 5.62. The first-order chi connectivity index (χ1) is 11.4. The molecule has 0 spiro atoms. The van der Waals surface area contributed by atoms with Gasteiger partial charge in [0, 0.05) is 13.1 Å². The largest absolute Gasteiger partial charge is 0.369 e. The number of amides is 1. The molecule has 1 saturated heterocycles. The first-order valence-corrected chi connectivity index (χ1v) is 9.42. The maximum atomic E-state index is 12.2. The van der Waals surface area contributed by atoms with Gasteiger partial charge in [0.2, 0.25) is 15.9 Å². The van der Waals surface area contributed by atoms with Gasteiger partial charge in [-0.15, -0.1) is 0 Å². The number of carbonyl (C=O) groups is 1. The number of hydrogen-bond donors (Lipinski definition) is 2. The van der Waals surface area contributed by atoms with Crippen LogP contribution in [0.3, 0.4) is 0 Å². The van der Waals surface area contributed by atoms with E-state index in [1.54, 1.807) is 0 Å². The molecular formula is C16H22N4O3S. The summed E-state index contributed by atoms with van der Waals surface area (Å²) in [6.07, 6.45) is 2.42. The van der Waals surface area contributed by atoms with Crippen molar-refractivity contribution in [3.05, 3.63) is 29.8 Å². The van der Waals surface area contributed by atoms with Gasteiger partial charge < -0.3 is 10.6 Å². The summed E-state index contributed by atoms with van der Waals surface area (Å²) in [5, 5.41) is 8.73. The third-order valence-electron chi connectivity index (χ3n) is 4.14. The van der Waals surface area contributed by atoms with Gasteiger partial charge in [0.15, 0.2) is 0 Å². The van der Waals surface area contributed by atoms with Crippen molar-refractivity contribution in [3.8, 4) is 6.07 Å². The molecule has 0 radical (unpaired) electrons. The van der Waals surface area contributed by atoms with E-state index in [-0.39, 0.29) is 16.7 Å². The van der Waals surface area contributed by atoms with E-state index in [0.29, 0.717) is 25.1 Å². The van der Waals surface area contributed by atoms with Crippen molar-refractivity contribution < 1.29 is 13.2 Å². The molecule has 0 bridgehead atoms. The van der Waals surface area contributed by atoms with E-state index in [4.69, 9.17) is 11.0 Å². The Morgan fingerprint density at radius 3 is 2.71 bits per heavy atom. The maximum Gasteiger partial charge on any atom is 0.240 e. The maximum absolute atomic E-state index is 12.2. The van der Waals surface area contributed by atoms with E-state index in [0.717, 1.165) is 25.9 Å². The summed E-state index contributed by atoms with van der Waals surface area (Å²) < 4.78 is 26.9. The van der Waals surface area contributed by atoms with Crippen molar-refractivity contribution in [2.75, 3.05) is 26.2 Å². The number of rotatable bonds is 7. The summed E-state index contributed by atoms with van der Waals surface area (Å²) in [4.78, 5) is 13.5. The predicted molar refractivity (Wildman–Crippen MR) is 89.3 cm³/mol. The zero-order valence-electron chi connectivity index (χ0n) is 13.4. The van der Waals surface area contributed by atoms with Gasteiger partial charge >= 0.3 is 0 Å². The summed E-state index contributed by atoms with van der Waals surface area (Å²) in [6.45, 7) is 2.60. The lowest BCUT2D eigenvalue weighted by molar-refractivity contribution is -0.123. The van der Waals surface area contributed by atoms with Crippen LogP contribution in [0.15, 0.2) is 29.2 Å². The predicted octanol–water partition coefficient (Wildman–Crippen LogP) is 0.424. The van der Waals surface area contributed by atoms with Crippen LogP contribution in [0, 0.1) is 17.2 Å². The number of primary amides is 1. The molecule has 8 heteroatoms. The van der Waals surface area contributed by atoms with Crippen LogP contribution in [-0.4, -0.2) is 45.4 Å². The molecule has 7 nitrogen and oxygen atoms in total. The fourth-order valence-corrected chi connectivity index (χ4v) is 3.87. The highest BCUT2D eigenvalue weighted by Gasteiger charge is 2.23. The fourth-order valence-electron chi connectivity index (χ4n) is 2.79. The molecule has 0 saturated carbocycles. The van der Waals surface area contributed by atoms with Gasteiger partial charge in [-0.3, -0.25) is 4.79 Å². The van der Waals surface area contributed by atoms with Crippen LogP contribution in [0.1, 0.15) is 24.8 Å². The Kier molecular flexibility index (Phi) is 6.31. The summed E-state index contributed by atoms with van der Waals surface area (Å²) in [5.41, 5.74) is 5.77. The Balaban J connectivity index is 1.78. The lowest BCUT2D eigenvalue weighted by atomic mass is 9.97. The van der Waals surface area contributed by atoms with Crippen LogP contribution in [0.2, 0.25) is 0 Å². The second-order valence-corrected chi connectivity index (χ2v) is 7.70. The molecule has 1 amide bonds. The van der Waals surface area contributed by atoms with Gasteiger partial charge in [0.25, 0.3) is 0 Å². The molecule has 1 heterocycles. The van der Waals surface area contributed by atoms with Gasteiger partial charge in [-0.05, 0) is 56.6 Å². The summed E-state index contributed by atoms with van der Waals surface area (Å²) in [6, 6.07) is 7.75. The average molecular weight is 350 g/mol. The van der Waals surface area contributed by atoms with E-state index in [2.05, 4.69) is 9.62 Å². The van der Waals surface area contributed by atoms with Crippen LogP contribution in [0.4, 0.5) is 0 Å². The number of nitrogens with zero attached hydrogens (tertiary/aromatic N) is 2. The second-order valence-electron chi connectivity index (χ2n) is 5.93. The van der Waals surface area contributed by atoms with Crippen LogP contribution < -0.4 is 10.5 Å². The number of carbonyl (C=O) groups excluding carboxylic acids is 1. The number of likely N-dealkylation sites (tertiary alicyclic amines) is 1. The van der Waals surface area contributed by atoms with Crippen LogP contribution >= 0.6 is 0 Å². The Morgan fingerprint density at radius 2 is 2.08 bits per heavy atom. The minimum atomic E-state index is -3.56. The van der Waals surface area contributed by atoms with Gasteiger partial charge in [0.05, 0.1) is 22.4 Å². The molecule has 3 N–H and O–H groups in total. The van der Waals surface area contributed by atoms with Crippen molar-refractivity contribution in [3.63, 3.8) is 0 Å².